The van der Waals surface area contributed by atoms with Gasteiger partial charge in [0.05, 0.1) is 11.9 Å². The van der Waals surface area contributed by atoms with E-state index in [2.05, 4.69) is 11.7 Å². The van der Waals surface area contributed by atoms with E-state index < -0.39 is 6.10 Å². The topological polar surface area (TPSA) is 38.1 Å². The Morgan fingerprint density at radius 3 is 2.82 bits per heavy atom. The van der Waals surface area contributed by atoms with Crippen molar-refractivity contribution >= 4 is 0 Å². The van der Waals surface area contributed by atoms with Gasteiger partial charge in [0.2, 0.25) is 0 Å². The van der Waals surface area contributed by atoms with E-state index in [1.54, 1.807) is 17.9 Å². The molecule has 0 aliphatic heterocycles. The third kappa shape index (κ3) is 1.33. The summed E-state index contributed by atoms with van der Waals surface area (Å²) in [4.78, 5) is 0. The molecule has 3 nitrogen and oxygen atoms in total. The molecule has 0 bridgehead atoms. The van der Waals surface area contributed by atoms with Crippen LogP contribution in [0.2, 0.25) is 0 Å². The molecule has 0 amide bonds. The van der Waals surface area contributed by atoms with Crippen LogP contribution in [0.1, 0.15) is 17.4 Å². The highest BCUT2D eigenvalue weighted by atomic mass is 16.3. The maximum absolute atomic E-state index is 9.40. The Morgan fingerprint density at radius 1 is 1.82 bits per heavy atom. The van der Waals surface area contributed by atoms with Crippen molar-refractivity contribution in [2.75, 3.05) is 0 Å². The molecule has 11 heavy (non-hydrogen) atoms. The molecule has 0 aliphatic rings. The molecule has 1 N–H and O–H groups in total. The minimum atomic E-state index is -0.609. The Labute approximate surface area is 66.0 Å². The van der Waals surface area contributed by atoms with Crippen molar-refractivity contribution in [1.82, 2.24) is 9.78 Å². The van der Waals surface area contributed by atoms with E-state index in [9.17, 15) is 5.11 Å². The standard InChI is InChI=1S/C8H12N2O/c1-4-7(11)8-6(2)5-9-10(8)3/h4-5,7,11H,1H2,2-3H3. The van der Waals surface area contributed by atoms with Crippen LogP contribution in [0.25, 0.3) is 0 Å². The van der Waals surface area contributed by atoms with Crippen LogP contribution in [0.4, 0.5) is 0 Å². The summed E-state index contributed by atoms with van der Waals surface area (Å²) in [6.45, 7) is 5.42. The zero-order chi connectivity index (χ0) is 8.43. The first-order valence-electron chi connectivity index (χ1n) is 3.46. The van der Waals surface area contributed by atoms with Crippen LogP contribution in [0.5, 0.6) is 0 Å². The van der Waals surface area contributed by atoms with Gasteiger partial charge in [-0.2, -0.15) is 5.10 Å². The molecule has 0 spiro atoms. The number of aryl methyl sites for hydroxylation is 2. The van der Waals surface area contributed by atoms with Crippen LogP contribution in [-0.2, 0) is 7.05 Å². The van der Waals surface area contributed by atoms with Gasteiger partial charge in [0.25, 0.3) is 0 Å². The summed E-state index contributed by atoms with van der Waals surface area (Å²) in [6, 6.07) is 0. The molecule has 3 heteroatoms. The van der Waals surface area contributed by atoms with E-state index in [1.807, 2.05) is 6.92 Å². The number of aliphatic hydroxyl groups is 1. The van der Waals surface area contributed by atoms with Gasteiger partial charge in [-0.15, -0.1) is 6.58 Å². The van der Waals surface area contributed by atoms with E-state index in [0.29, 0.717) is 0 Å². The van der Waals surface area contributed by atoms with Gasteiger partial charge in [0, 0.05) is 7.05 Å². The molecule has 0 fully saturated rings. The molecule has 0 aromatic carbocycles. The van der Waals surface area contributed by atoms with Crippen LogP contribution in [0, 0.1) is 6.92 Å². The number of aliphatic hydroxyl groups excluding tert-OH is 1. The Morgan fingerprint density at radius 2 is 2.45 bits per heavy atom. The van der Waals surface area contributed by atoms with Crippen LogP contribution < -0.4 is 0 Å². The predicted octanol–water partition coefficient (Wildman–Crippen LogP) is 0.948. The average Bonchev–Trinajstić information content (AvgIpc) is 2.30. The summed E-state index contributed by atoms with van der Waals surface area (Å²) in [5, 5.41) is 13.4. The SMILES string of the molecule is C=CC(O)c1c(C)cnn1C. The van der Waals surface area contributed by atoms with Crippen molar-refractivity contribution in [2.45, 2.75) is 13.0 Å². The highest BCUT2D eigenvalue weighted by molar-refractivity contribution is 5.20. The minimum absolute atomic E-state index is 0.609. The highest BCUT2D eigenvalue weighted by Gasteiger charge is 2.10. The molecule has 1 aromatic heterocycles. The second kappa shape index (κ2) is 2.88. The van der Waals surface area contributed by atoms with Crippen molar-refractivity contribution in [3.63, 3.8) is 0 Å². The Kier molecular flexibility index (Phi) is 2.10. The van der Waals surface area contributed by atoms with Gasteiger partial charge in [-0.1, -0.05) is 6.08 Å². The smallest absolute Gasteiger partial charge is 0.114 e. The molecule has 0 aliphatic carbocycles. The van der Waals surface area contributed by atoms with Crippen LogP contribution >= 0.6 is 0 Å². The molecule has 0 saturated carbocycles. The number of rotatable bonds is 2. The lowest BCUT2D eigenvalue weighted by atomic mass is 10.2. The second-order valence-corrected chi connectivity index (χ2v) is 2.52. The summed E-state index contributed by atoms with van der Waals surface area (Å²) in [6.07, 6.45) is 2.61. The fourth-order valence-corrected chi connectivity index (χ4v) is 1.09. The van der Waals surface area contributed by atoms with Gasteiger partial charge < -0.3 is 5.11 Å². The molecular weight excluding hydrogens is 140 g/mol. The maximum Gasteiger partial charge on any atom is 0.114 e. The molecule has 1 heterocycles. The van der Waals surface area contributed by atoms with Crippen molar-refractivity contribution < 1.29 is 5.11 Å². The van der Waals surface area contributed by atoms with Crippen LogP contribution in [-0.4, -0.2) is 14.9 Å². The quantitative estimate of drug-likeness (QED) is 0.641. The first-order valence-corrected chi connectivity index (χ1v) is 3.46. The average molecular weight is 152 g/mol. The molecule has 0 radical (unpaired) electrons. The minimum Gasteiger partial charge on any atom is -0.383 e. The summed E-state index contributed by atoms with van der Waals surface area (Å²) < 4.78 is 1.65. The number of hydrogen-bond donors (Lipinski definition) is 1. The third-order valence-corrected chi connectivity index (χ3v) is 1.68. The van der Waals surface area contributed by atoms with E-state index in [0.717, 1.165) is 11.3 Å². The monoisotopic (exact) mass is 152 g/mol. The lowest BCUT2D eigenvalue weighted by Gasteiger charge is -2.06. The fourth-order valence-electron chi connectivity index (χ4n) is 1.09. The molecule has 60 valence electrons. The maximum atomic E-state index is 9.40. The van der Waals surface area contributed by atoms with Crippen LogP contribution in [0.15, 0.2) is 18.9 Å². The lowest BCUT2D eigenvalue weighted by Crippen LogP contribution is -2.03. The second-order valence-electron chi connectivity index (χ2n) is 2.52. The molecule has 1 aromatic rings. The Hall–Kier alpha value is -1.09. The summed E-state index contributed by atoms with van der Waals surface area (Å²) in [5.41, 5.74) is 1.79. The van der Waals surface area contributed by atoms with E-state index in [1.165, 1.54) is 6.08 Å². The van der Waals surface area contributed by atoms with Crippen molar-refractivity contribution in [3.05, 3.63) is 30.1 Å². The molecule has 1 rings (SSSR count). The normalized spacial score (nSPS) is 13.0. The van der Waals surface area contributed by atoms with Gasteiger partial charge in [-0.05, 0) is 12.5 Å². The van der Waals surface area contributed by atoms with E-state index >= 15 is 0 Å². The van der Waals surface area contributed by atoms with Crippen molar-refractivity contribution in [3.8, 4) is 0 Å². The van der Waals surface area contributed by atoms with Crippen LogP contribution in [0.3, 0.4) is 0 Å². The highest BCUT2D eigenvalue weighted by Crippen LogP contribution is 2.16. The first-order chi connectivity index (χ1) is 5.16. The fraction of sp³-hybridized carbons (Fsp3) is 0.375. The van der Waals surface area contributed by atoms with E-state index in [-0.39, 0.29) is 0 Å². The van der Waals surface area contributed by atoms with Gasteiger partial charge in [0.1, 0.15) is 6.10 Å². The largest absolute Gasteiger partial charge is 0.383 e. The first kappa shape index (κ1) is 8.01. The lowest BCUT2D eigenvalue weighted by molar-refractivity contribution is 0.217. The molecule has 0 saturated heterocycles. The predicted molar refractivity (Wildman–Crippen MR) is 43.1 cm³/mol. The van der Waals surface area contributed by atoms with Crippen molar-refractivity contribution in [1.29, 1.82) is 0 Å². The van der Waals surface area contributed by atoms with Gasteiger partial charge in [-0.3, -0.25) is 4.68 Å². The van der Waals surface area contributed by atoms with Gasteiger partial charge in [0.15, 0.2) is 0 Å². The number of aromatic nitrogens is 2. The summed E-state index contributed by atoms with van der Waals surface area (Å²) >= 11 is 0. The molecular formula is C8H12N2O. The van der Waals surface area contributed by atoms with Gasteiger partial charge in [-0.25, -0.2) is 0 Å². The summed E-state index contributed by atoms with van der Waals surface area (Å²) in [5.74, 6) is 0. The van der Waals surface area contributed by atoms with Crippen molar-refractivity contribution in [2.24, 2.45) is 7.05 Å². The zero-order valence-electron chi connectivity index (χ0n) is 6.78. The third-order valence-electron chi connectivity index (χ3n) is 1.68. The summed E-state index contributed by atoms with van der Waals surface area (Å²) in [7, 11) is 1.80. The van der Waals surface area contributed by atoms with Gasteiger partial charge >= 0.3 is 0 Å². The Bertz CT molecular complexity index is 246. The number of hydrogen-bond acceptors (Lipinski definition) is 2. The van der Waals surface area contributed by atoms with E-state index in [4.69, 9.17) is 0 Å². The Balaban J connectivity index is 3.09. The zero-order valence-corrected chi connectivity index (χ0v) is 6.78. The number of nitrogens with zero attached hydrogens (tertiary/aromatic N) is 2. The molecule has 1 atom stereocenters. The molecule has 1 unspecified atom stereocenters.